The normalized spacial score (nSPS) is 20.1. The minimum atomic E-state index is -0.581. The number of carbonyl (C=O) groups is 1. The number of nitrogens with one attached hydrogen (secondary N) is 1. The van der Waals surface area contributed by atoms with Crippen LogP contribution in [0.2, 0.25) is 0 Å². The third kappa shape index (κ3) is 2.46. The van der Waals surface area contributed by atoms with Gasteiger partial charge in [-0.15, -0.1) is 0 Å². The first-order valence-electron chi connectivity index (χ1n) is 5.14. The Hall–Kier alpha value is -0.680. The molecule has 1 atom stereocenters. The second kappa shape index (κ2) is 4.90. The second-order valence-corrected chi connectivity index (χ2v) is 4.50. The molecule has 3 N–H and O–H groups in total. The quantitative estimate of drug-likeness (QED) is 0.679. The predicted octanol–water partition coefficient (Wildman–Crippen LogP) is 0.594. The summed E-state index contributed by atoms with van der Waals surface area (Å²) in [6.07, 6.45) is 2.58. The summed E-state index contributed by atoms with van der Waals surface area (Å²) in [6, 6.07) is 0. The molecule has 0 bridgehead atoms. The maximum absolute atomic E-state index is 11.9. The Bertz CT molecular complexity index is 264. The highest BCUT2D eigenvalue weighted by atomic mass is 32.1. The van der Waals surface area contributed by atoms with Gasteiger partial charge in [0.1, 0.15) is 0 Å². The molecule has 1 aliphatic rings. The molecule has 0 heterocycles. The number of hydrogen-bond donors (Lipinski definition) is 2. The van der Waals surface area contributed by atoms with Crippen LogP contribution in [-0.2, 0) is 9.53 Å². The van der Waals surface area contributed by atoms with E-state index in [2.05, 4.69) is 5.32 Å². The second-order valence-electron chi connectivity index (χ2n) is 4.06. The molecule has 1 unspecified atom stereocenters. The van der Waals surface area contributed by atoms with Crippen LogP contribution in [0.25, 0.3) is 0 Å². The van der Waals surface area contributed by atoms with Gasteiger partial charge in [0.25, 0.3) is 0 Å². The average molecular weight is 230 g/mol. The van der Waals surface area contributed by atoms with Gasteiger partial charge in [0.2, 0.25) is 5.91 Å². The lowest BCUT2D eigenvalue weighted by Gasteiger charge is -2.39. The van der Waals surface area contributed by atoms with E-state index in [9.17, 15) is 4.79 Å². The van der Waals surface area contributed by atoms with Gasteiger partial charge in [-0.3, -0.25) is 4.79 Å². The summed E-state index contributed by atoms with van der Waals surface area (Å²) >= 11 is 4.95. The standard InChI is InChI=1S/C10H18N2O2S/c1-7(14-2)6-12-9(13)10(8(11)15)4-3-5-10/h7H,3-6H2,1-2H3,(H2,11,15)(H,12,13). The van der Waals surface area contributed by atoms with Crippen LogP contribution in [0.5, 0.6) is 0 Å². The third-order valence-electron chi connectivity index (χ3n) is 3.07. The van der Waals surface area contributed by atoms with Crippen LogP contribution in [0.15, 0.2) is 0 Å². The molecule has 0 aromatic heterocycles. The van der Waals surface area contributed by atoms with Gasteiger partial charge in [-0.2, -0.15) is 0 Å². The minimum Gasteiger partial charge on any atom is -0.392 e. The topological polar surface area (TPSA) is 64.3 Å². The summed E-state index contributed by atoms with van der Waals surface area (Å²) < 4.78 is 5.05. The predicted molar refractivity (Wildman–Crippen MR) is 62.6 cm³/mol. The first kappa shape index (κ1) is 12.4. The van der Waals surface area contributed by atoms with Crippen LogP contribution >= 0.6 is 12.2 Å². The van der Waals surface area contributed by atoms with Crippen molar-refractivity contribution in [1.29, 1.82) is 0 Å². The summed E-state index contributed by atoms with van der Waals surface area (Å²) in [5.41, 5.74) is 5.03. The minimum absolute atomic E-state index is 0.0115. The van der Waals surface area contributed by atoms with E-state index >= 15 is 0 Å². The molecule has 15 heavy (non-hydrogen) atoms. The van der Waals surface area contributed by atoms with Gasteiger partial charge in [0.05, 0.1) is 16.5 Å². The van der Waals surface area contributed by atoms with Gasteiger partial charge in [0.15, 0.2) is 0 Å². The average Bonchev–Trinajstić information content (AvgIpc) is 2.11. The highest BCUT2D eigenvalue weighted by Gasteiger charge is 2.46. The van der Waals surface area contributed by atoms with Crippen LogP contribution in [-0.4, -0.2) is 30.7 Å². The molecule has 0 spiro atoms. The zero-order valence-corrected chi connectivity index (χ0v) is 10.0. The molecule has 5 heteroatoms. The molecular formula is C10H18N2O2S. The lowest BCUT2D eigenvalue weighted by Crippen LogP contribution is -2.54. The number of amides is 1. The lowest BCUT2D eigenvalue weighted by molar-refractivity contribution is -0.131. The SMILES string of the molecule is COC(C)CNC(=O)C1(C(N)=S)CCC1. The summed E-state index contributed by atoms with van der Waals surface area (Å²) in [5, 5.41) is 2.83. The fourth-order valence-corrected chi connectivity index (χ4v) is 1.90. The monoisotopic (exact) mass is 230 g/mol. The molecule has 0 aromatic rings. The summed E-state index contributed by atoms with van der Waals surface area (Å²) in [5.74, 6) is -0.0508. The smallest absolute Gasteiger partial charge is 0.233 e. The van der Waals surface area contributed by atoms with Gasteiger partial charge in [-0.05, 0) is 19.8 Å². The maximum Gasteiger partial charge on any atom is 0.233 e. The fraction of sp³-hybridized carbons (Fsp3) is 0.800. The van der Waals surface area contributed by atoms with Crippen LogP contribution in [0.4, 0.5) is 0 Å². The van der Waals surface area contributed by atoms with Gasteiger partial charge < -0.3 is 15.8 Å². The van der Waals surface area contributed by atoms with Crippen LogP contribution in [0.3, 0.4) is 0 Å². The first-order valence-corrected chi connectivity index (χ1v) is 5.55. The first-order chi connectivity index (χ1) is 7.03. The Morgan fingerprint density at radius 1 is 1.67 bits per heavy atom. The summed E-state index contributed by atoms with van der Waals surface area (Å²) in [6.45, 7) is 2.40. The van der Waals surface area contributed by atoms with Crippen molar-refractivity contribution in [3.05, 3.63) is 0 Å². The van der Waals surface area contributed by atoms with Crippen molar-refractivity contribution in [2.24, 2.45) is 11.1 Å². The van der Waals surface area contributed by atoms with E-state index in [1.54, 1.807) is 7.11 Å². The van der Waals surface area contributed by atoms with Crippen molar-refractivity contribution < 1.29 is 9.53 Å². The number of thiocarbonyl (C=S) groups is 1. The molecule has 0 saturated heterocycles. The molecule has 1 amide bonds. The Balaban J connectivity index is 2.48. The third-order valence-corrected chi connectivity index (χ3v) is 3.46. The molecule has 1 fully saturated rings. The Morgan fingerprint density at radius 2 is 2.27 bits per heavy atom. The lowest BCUT2D eigenvalue weighted by atomic mass is 9.68. The largest absolute Gasteiger partial charge is 0.392 e. The van der Waals surface area contributed by atoms with Crippen molar-refractivity contribution in [1.82, 2.24) is 5.32 Å². The van der Waals surface area contributed by atoms with Crippen molar-refractivity contribution in [2.75, 3.05) is 13.7 Å². The van der Waals surface area contributed by atoms with Crippen molar-refractivity contribution in [3.8, 4) is 0 Å². The van der Waals surface area contributed by atoms with E-state index < -0.39 is 5.41 Å². The molecule has 1 aliphatic carbocycles. The Morgan fingerprint density at radius 3 is 2.60 bits per heavy atom. The van der Waals surface area contributed by atoms with E-state index in [1.165, 1.54) is 0 Å². The Kier molecular flexibility index (Phi) is 4.04. The van der Waals surface area contributed by atoms with Gasteiger partial charge in [0, 0.05) is 13.7 Å². The van der Waals surface area contributed by atoms with E-state index in [4.69, 9.17) is 22.7 Å². The molecule has 86 valence electrons. The molecule has 0 aromatic carbocycles. The molecule has 1 rings (SSSR count). The van der Waals surface area contributed by atoms with Crippen molar-refractivity contribution >= 4 is 23.1 Å². The summed E-state index contributed by atoms with van der Waals surface area (Å²) in [7, 11) is 1.61. The van der Waals surface area contributed by atoms with Gasteiger partial charge in [-0.25, -0.2) is 0 Å². The maximum atomic E-state index is 11.9. The van der Waals surface area contributed by atoms with E-state index in [1.807, 2.05) is 6.92 Å². The molecule has 4 nitrogen and oxygen atoms in total. The fourth-order valence-electron chi connectivity index (χ4n) is 1.60. The van der Waals surface area contributed by atoms with Crippen LogP contribution < -0.4 is 11.1 Å². The van der Waals surface area contributed by atoms with E-state index in [0.717, 1.165) is 19.3 Å². The van der Waals surface area contributed by atoms with Crippen LogP contribution in [0.1, 0.15) is 26.2 Å². The molecular weight excluding hydrogens is 212 g/mol. The highest BCUT2D eigenvalue weighted by molar-refractivity contribution is 7.80. The molecule has 1 saturated carbocycles. The van der Waals surface area contributed by atoms with Gasteiger partial charge >= 0.3 is 0 Å². The zero-order chi connectivity index (χ0) is 11.5. The number of methoxy groups -OCH3 is 1. The highest BCUT2D eigenvalue weighted by Crippen LogP contribution is 2.41. The molecule has 0 radical (unpaired) electrons. The number of carbonyl (C=O) groups excluding carboxylic acids is 1. The summed E-state index contributed by atoms with van der Waals surface area (Å²) in [4.78, 5) is 12.2. The zero-order valence-electron chi connectivity index (χ0n) is 9.21. The number of ether oxygens (including phenoxy) is 1. The number of hydrogen-bond acceptors (Lipinski definition) is 3. The van der Waals surface area contributed by atoms with Gasteiger partial charge in [-0.1, -0.05) is 18.6 Å². The number of rotatable bonds is 5. The van der Waals surface area contributed by atoms with E-state index in [0.29, 0.717) is 11.5 Å². The number of nitrogens with two attached hydrogens (primary N) is 1. The van der Waals surface area contributed by atoms with Crippen molar-refractivity contribution in [3.63, 3.8) is 0 Å². The molecule has 0 aliphatic heterocycles. The Labute approximate surface area is 95.5 Å². The van der Waals surface area contributed by atoms with Crippen molar-refractivity contribution in [2.45, 2.75) is 32.3 Å². The van der Waals surface area contributed by atoms with E-state index in [-0.39, 0.29) is 12.0 Å². The van der Waals surface area contributed by atoms with Crippen LogP contribution in [0, 0.1) is 5.41 Å².